The predicted molar refractivity (Wildman–Crippen MR) is 80.1 cm³/mol. The van der Waals surface area contributed by atoms with Gasteiger partial charge in [0.15, 0.2) is 5.78 Å². The maximum Gasteiger partial charge on any atom is 0.160 e. The summed E-state index contributed by atoms with van der Waals surface area (Å²) in [6.07, 6.45) is 3.65. The number of nitrogens with two attached hydrogens (primary N) is 1. The topological polar surface area (TPSA) is 43.1 Å². The van der Waals surface area contributed by atoms with E-state index in [0.717, 1.165) is 11.1 Å². The van der Waals surface area contributed by atoms with Crippen molar-refractivity contribution in [3.05, 3.63) is 70.8 Å². The van der Waals surface area contributed by atoms with Gasteiger partial charge in [-0.05, 0) is 35.4 Å². The Kier molecular flexibility index (Phi) is 4.37. The van der Waals surface area contributed by atoms with Crippen LogP contribution in [0.15, 0.2) is 54.6 Å². The van der Waals surface area contributed by atoms with E-state index in [4.69, 9.17) is 17.3 Å². The molecule has 0 aliphatic rings. The van der Waals surface area contributed by atoms with E-state index < -0.39 is 0 Å². The van der Waals surface area contributed by atoms with E-state index in [9.17, 15) is 4.79 Å². The van der Waals surface area contributed by atoms with Gasteiger partial charge in [-0.25, -0.2) is 0 Å². The molecule has 96 valence electrons. The van der Waals surface area contributed by atoms with Crippen LogP contribution in [0, 0.1) is 0 Å². The molecule has 2 aromatic carbocycles. The Bertz CT molecular complexity index is 602. The predicted octanol–water partition coefficient (Wildman–Crippen LogP) is 3.75. The second-order valence-electron chi connectivity index (χ2n) is 4.23. The Balaban J connectivity index is 2.02. The molecule has 3 heteroatoms. The number of benzene rings is 2. The molecule has 0 unspecified atom stereocenters. The van der Waals surface area contributed by atoms with Crippen LogP contribution in [0.4, 0.5) is 5.69 Å². The number of carbonyl (C=O) groups excluding carboxylic acids is 1. The molecule has 2 N–H and O–H groups in total. The standard InChI is InChI=1S/C16H14ClNO/c17-16-4-2-1-3-13(16)11-15(19)10-7-12-5-8-14(18)9-6-12/h1-10H,11,18H2/b10-7+. The van der Waals surface area contributed by atoms with Crippen LogP contribution in [0.1, 0.15) is 11.1 Å². The SMILES string of the molecule is Nc1ccc(/C=C/C(=O)Cc2ccccc2Cl)cc1. The van der Waals surface area contributed by atoms with Crippen molar-refractivity contribution < 1.29 is 4.79 Å². The Morgan fingerprint density at radius 2 is 1.79 bits per heavy atom. The van der Waals surface area contributed by atoms with Crippen molar-refractivity contribution in [3.8, 4) is 0 Å². The molecule has 2 rings (SSSR count). The number of halogens is 1. The average Bonchev–Trinajstić information content (AvgIpc) is 2.41. The van der Waals surface area contributed by atoms with Crippen LogP contribution in [0.25, 0.3) is 6.08 Å². The largest absolute Gasteiger partial charge is 0.399 e. The summed E-state index contributed by atoms with van der Waals surface area (Å²) in [7, 11) is 0. The van der Waals surface area contributed by atoms with E-state index in [2.05, 4.69) is 0 Å². The third-order valence-corrected chi connectivity index (χ3v) is 3.09. The molecule has 0 radical (unpaired) electrons. The molecule has 2 aromatic rings. The fourth-order valence-corrected chi connectivity index (χ4v) is 1.89. The average molecular weight is 272 g/mol. The summed E-state index contributed by atoms with van der Waals surface area (Å²) in [5.74, 6) is 0.0184. The van der Waals surface area contributed by atoms with E-state index in [-0.39, 0.29) is 5.78 Å². The van der Waals surface area contributed by atoms with Gasteiger partial charge in [-0.3, -0.25) is 4.79 Å². The molecule has 0 atom stereocenters. The number of allylic oxidation sites excluding steroid dienone is 1. The highest BCUT2D eigenvalue weighted by molar-refractivity contribution is 6.31. The van der Waals surface area contributed by atoms with Gasteiger partial charge in [0.2, 0.25) is 0 Å². The summed E-state index contributed by atoms with van der Waals surface area (Å²) < 4.78 is 0. The number of hydrogen-bond acceptors (Lipinski definition) is 2. The fraction of sp³-hybridized carbons (Fsp3) is 0.0625. The second-order valence-corrected chi connectivity index (χ2v) is 4.64. The van der Waals surface area contributed by atoms with Crippen LogP contribution in [0.5, 0.6) is 0 Å². The monoisotopic (exact) mass is 271 g/mol. The zero-order valence-corrected chi connectivity index (χ0v) is 11.1. The molecule has 0 aromatic heterocycles. The molecule has 0 saturated heterocycles. The normalized spacial score (nSPS) is 10.8. The molecular weight excluding hydrogens is 258 g/mol. The van der Waals surface area contributed by atoms with E-state index in [1.807, 2.05) is 30.3 Å². The van der Waals surface area contributed by atoms with Crippen LogP contribution in [-0.2, 0) is 11.2 Å². The molecule has 0 aliphatic heterocycles. The van der Waals surface area contributed by atoms with Crippen molar-refractivity contribution >= 4 is 29.1 Å². The number of ketones is 1. The minimum atomic E-state index is 0.0184. The molecule has 19 heavy (non-hydrogen) atoms. The highest BCUT2D eigenvalue weighted by Crippen LogP contribution is 2.16. The molecule has 2 nitrogen and oxygen atoms in total. The minimum absolute atomic E-state index is 0.0184. The first-order chi connectivity index (χ1) is 9.15. The van der Waals surface area contributed by atoms with Gasteiger partial charge in [-0.1, -0.05) is 48.0 Å². The van der Waals surface area contributed by atoms with Crippen molar-refractivity contribution in [1.29, 1.82) is 0 Å². The summed E-state index contributed by atoms with van der Waals surface area (Å²) in [5, 5.41) is 0.622. The summed E-state index contributed by atoms with van der Waals surface area (Å²) in [6.45, 7) is 0. The van der Waals surface area contributed by atoms with Gasteiger partial charge in [0.05, 0.1) is 0 Å². The van der Waals surface area contributed by atoms with Gasteiger partial charge >= 0.3 is 0 Å². The molecule has 0 spiro atoms. The van der Waals surface area contributed by atoms with Gasteiger partial charge in [0.1, 0.15) is 0 Å². The molecule has 0 heterocycles. The van der Waals surface area contributed by atoms with Crippen LogP contribution >= 0.6 is 11.6 Å². The third-order valence-electron chi connectivity index (χ3n) is 2.72. The van der Waals surface area contributed by atoms with E-state index in [1.165, 1.54) is 0 Å². The summed E-state index contributed by atoms with van der Waals surface area (Å²) in [4.78, 5) is 11.8. The fourth-order valence-electron chi connectivity index (χ4n) is 1.68. The lowest BCUT2D eigenvalue weighted by Gasteiger charge is -2.00. The zero-order valence-electron chi connectivity index (χ0n) is 10.3. The Morgan fingerprint density at radius 3 is 2.47 bits per heavy atom. The van der Waals surface area contributed by atoms with E-state index in [1.54, 1.807) is 30.4 Å². The maximum atomic E-state index is 11.8. The minimum Gasteiger partial charge on any atom is -0.399 e. The molecule has 0 fully saturated rings. The van der Waals surface area contributed by atoms with Crippen molar-refractivity contribution in [3.63, 3.8) is 0 Å². The van der Waals surface area contributed by atoms with Crippen LogP contribution < -0.4 is 5.73 Å². The Hall–Kier alpha value is -2.06. The number of hydrogen-bond donors (Lipinski definition) is 1. The zero-order chi connectivity index (χ0) is 13.7. The number of rotatable bonds is 4. The quantitative estimate of drug-likeness (QED) is 0.680. The highest BCUT2D eigenvalue weighted by Gasteiger charge is 2.03. The first-order valence-electron chi connectivity index (χ1n) is 5.95. The molecule has 0 bridgehead atoms. The first-order valence-corrected chi connectivity index (χ1v) is 6.33. The molecule has 0 aliphatic carbocycles. The van der Waals surface area contributed by atoms with Gasteiger partial charge in [-0.2, -0.15) is 0 Å². The lowest BCUT2D eigenvalue weighted by molar-refractivity contribution is -0.113. The van der Waals surface area contributed by atoms with Crippen molar-refractivity contribution in [2.45, 2.75) is 6.42 Å². The van der Waals surface area contributed by atoms with Crippen LogP contribution in [-0.4, -0.2) is 5.78 Å². The second kappa shape index (κ2) is 6.21. The summed E-state index contributed by atoms with van der Waals surface area (Å²) >= 11 is 6.01. The maximum absolute atomic E-state index is 11.8. The van der Waals surface area contributed by atoms with Crippen LogP contribution in [0.3, 0.4) is 0 Å². The van der Waals surface area contributed by atoms with Crippen molar-refractivity contribution in [2.75, 3.05) is 5.73 Å². The van der Waals surface area contributed by atoms with Crippen LogP contribution in [0.2, 0.25) is 5.02 Å². The van der Waals surface area contributed by atoms with Gasteiger partial charge in [-0.15, -0.1) is 0 Å². The van der Waals surface area contributed by atoms with Gasteiger partial charge in [0.25, 0.3) is 0 Å². The first kappa shape index (κ1) is 13.4. The van der Waals surface area contributed by atoms with Gasteiger partial charge in [0, 0.05) is 17.1 Å². The summed E-state index contributed by atoms with van der Waals surface area (Å²) in [6, 6.07) is 14.7. The summed E-state index contributed by atoms with van der Waals surface area (Å²) in [5.41, 5.74) is 8.09. The number of nitrogen functional groups attached to an aromatic ring is 1. The van der Waals surface area contributed by atoms with Crippen molar-refractivity contribution in [1.82, 2.24) is 0 Å². The van der Waals surface area contributed by atoms with Crippen molar-refractivity contribution in [2.24, 2.45) is 0 Å². The molecule has 0 amide bonds. The van der Waals surface area contributed by atoms with E-state index >= 15 is 0 Å². The smallest absolute Gasteiger partial charge is 0.160 e. The third kappa shape index (κ3) is 3.97. The number of carbonyl (C=O) groups is 1. The lowest BCUT2D eigenvalue weighted by Crippen LogP contribution is -1.98. The van der Waals surface area contributed by atoms with E-state index in [0.29, 0.717) is 17.1 Å². The Labute approximate surface area is 117 Å². The highest BCUT2D eigenvalue weighted by atomic mass is 35.5. The number of anilines is 1. The lowest BCUT2D eigenvalue weighted by atomic mass is 10.1. The molecule has 0 saturated carbocycles. The van der Waals surface area contributed by atoms with Gasteiger partial charge < -0.3 is 5.73 Å². The molecular formula is C16H14ClNO. The Morgan fingerprint density at radius 1 is 1.11 bits per heavy atom.